The fourth-order valence-corrected chi connectivity index (χ4v) is 15.2. The van der Waals surface area contributed by atoms with E-state index in [-0.39, 0.29) is 59.7 Å². The first-order valence-corrected chi connectivity index (χ1v) is 38.5. The van der Waals surface area contributed by atoms with Crippen LogP contribution in [0.4, 0.5) is 79.3 Å². The van der Waals surface area contributed by atoms with E-state index in [1.54, 1.807) is 38.1 Å². The Balaban J connectivity index is 1.04. The molecular weight excluding hydrogens is 1430 g/mol. The molecule has 4 aromatic carbocycles. The maximum atomic E-state index is 13.8. The number of ether oxygens (including phenoxy) is 4. The maximum absolute atomic E-state index is 13.8. The van der Waals surface area contributed by atoms with Gasteiger partial charge in [0, 0.05) is 81.1 Å². The summed E-state index contributed by atoms with van der Waals surface area (Å²) in [7, 11) is -5.88. The topological polar surface area (TPSA) is 389 Å². The molecule has 1 saturated carbocycles. The lowest BCUT2D eigenvalue weighted by molar-refractivity contribution is -0.120. The number of morpholine rings is 2. The lowest BCUT2D eigenvalue weighted by Crippen LogP contribution is -2.36. The van der Waals surface area contributed by atoms with Gasteiger partial charge < -0.3 is 59.8 Å². The Bertz CT molecular complexity index is 4330. The fourth-order valence-electron chi connectivity index (χ4n) is 11.4. The highest BCUT2D eigenvalue weighted by atomic mass is 32.2. The summed E-state index contributed by atoms with van der Waals surface area (Å²) in [6.45, 7) is 16.4. The average molecular weight is 1510 g/mol. The fraction of sp³-hybridized carbons (Fsp3) is 0.388. The summed E-state index contributed by atoms with van der Waals surface area (Å²) >= 11 is 3.72. The highest BCUT2D eigenvalue weighted by Crippen LogP contribution is 2.45. The molecule has 2 amide bonds. The van der Waals surface area contributed by atoms with Crippen molar-refractivity contribution in [1.82, 2.24) is 24.9 Å². The second-order valence-corrected chi connectivity index (χ2v) is 29.6. The summed E-state index contributed by atoms with van der Waals surface area (Å²) in [5, 5.41) is 32.2. The zero-order chi connectivity index (χ0) is 73.5. The maximum Gasteiger partial charge on any atom is 0.294 e. The number of carbonyl (C=O) groups excluding carboxylic acids is 4. The molecule has 546 valence electrons. The standard InChI is InChI=1S/C67H79N17O14S5/c1-9-81(10-2)53-36-49(51(38-55(53)95-7)77-79-66-72-59(83-26-30-97-31-27-83)57(100-66)34-47(40(5)85)61(87)68-42-18-22-45(23-19-42)102(89,90)91)70-63-74-64(76-65(75-63)99-44-16-14-13-15-17-44)71-50-37-54(82(11-3)12-4)56(96-8)39-52(50)78-80-67-73-60(84-28-32-98-33-29-84)58(101-67)35-48(41(6)86)62(88)69-43-20-24-46(25-21-43)103(92,93)94/h18-25,34-39,44H,9-17,26-33H2,1-8H3,(H,68,87)(H,69,88)(H,89,90,91)(H,92,93,94)(H2,70,71,74,75,76)/b47-34-,48-35+,79-77+,80-78+. The molecule has 2 aliphatic heterocycles. The minimum Gasteiger partial charge on any atom is -0.494 e. The van der Waals surface area contributed by atoms with Crippen LogP contribution in [0.3, 0.4) is 0 Å². The minimum atomic E-state index is -4.50. The van der Waals surface area contributed by atoms with E-state index in [1.807, 2.05) is 49.6 Å². The second-order valence-electron chi connectivity index (χ2n) is 23.4. The number of carbonyl (C=O) groups is 4. The number of benzene rings is 4. The molecule has 31 nitrogen and oxygen atoms in total. The van der Waals surface area contributed by atoms with Crippen LogP contribution in [0.25, 0.3) is 12.2 Å². The number of amides is 2. The summed E-state index contributed by atoms with van der Waals surface area (Å²) in [6, 6.07) is 16.9. The van der Waals surface area contributed by atoms with Gasteiger partial charge in [-0.2, -0.15) is 41.8 Å². The van der Waals surface area contributed by atoms with E-state index in [2.05, 4.69) is 31.1 Å². The van der Waals surface area contributed by atoms with Gasteiger partial charge in [-0.25, -0.2) is 0 Å². The van der Waals surface area contributed by atoms with Crippen LogP contribution < -0.4 is 50.3 Å². The molecular formula is C67H79N17O14S5. The molecule has 3 aromatic heterocycles. The molecule has 10 rings (SSSR count). The first-order valence-electron chi connectivity index (χ1n) is 33.1. The highest BCUT2D eigenvalue weighted by molar-refractivity contribution is 7.99. The molecule has 5 heterocycles. The van der Waals surface area contributed by atoms with Crippen molar-refractivity contribution in [2.45, 2.75) is 93.8 Å². The lowest BCUT2D eigenvalue weighted by Gasteiger charge is -2.27. The number of aromatic nitrogens is 5. The van der Waals surface area contributed by atoms with Crippen LogP contribution in [-0.4, -0.2) is 172 Å². The molecule has 36 heteroatoms. The number of thiazole rings is 2. The van der Waals surface area contributed by atoms with Gasteiger partial charge in [0.2, 0.25) is 22.2 Å². The molecule has 6 N–H and O–H groups in total. The van der Waals surface area contributed by atoms with Crippen LogP contribution in [0.1, 0.15) is 83.4 Å². The SMILES string of the molecule is CCN(CC)c1cc(Nc2nc(Nc3cc(N(CC)CC)c(OC)cc3/N=N/c3nc(N4CCOCC4)c(/C=C(\C(C)=O)C(=O)Nc4ccc(S(=O)(=O)O)cc4)s3)nc(SC3CCCCC3)n2)c(/N=N/c2nc(N3CCOCC3)c(/C=C(/C(C)=O)C(=O)Nc3ccc(S(=O)(=O)O)cc3)s2)cc1OC. The number of nitrogens with zero attached hydrogens (tertiary/aromatic N) is 13. The van der Waals surface area contributed by atoms with E-state index in [0.717, 1.165) is 90.4 Å². The van der Waals surface area contributed by atoms with Crippen molar-refractivity contribution < 1.29 is 64.1 Å². The van der Waals surface area contributed by atoms with Crippen molar-refractivity contribution in [2.24, 2.45) is 20.5 Å². The Hall–Kier alpha value is -9.40. The Morgan fingerprint density at radius 1 is 0.583 bits per heavy atom. The molecule has 7 aromatic rings. The van der Waals surface area contributed by atoms with E-state index in [0.29, 0.717) is 140 Å². The smallest absolute Gasteiger partial charge is 0.294 e. The highest BCUT2D eigenvalue weighted by Gasteiger charge is 2.28. The molecule has 1 aliphatic carbocycles. The number of Topliss-reactive ketones (excluding diaryl/α,β-unsaturated/α-hetero) is 2. The first-order chi connectivity index (χ1) is 49.4. The van der Waals surface area contributed by atoms with Crippen molar-refractivity contribution in [3.05, 3.63) is 93.7 Å². The Kier molecular flexibility index (Phi) is 25.7. The number of hydrogen-bond acceptors (Lipinski definition) is 30. The molecule has 0 spiro atoms. The third-order valence-electron chi connectivity index (χ3n) is 16.7. The first kappa shape index (κ1) is 76.2. The van der Waals surface area contributed by atoms with Crippen molar-refractivity contribution in [3.8, 4) is 11.5 Å². The summed E-state index contributed by atoms with van der Waals surface area (Å²) in [6.07, 6.45) is 8.00. The van der Waals surface area contributed by atoms with Gasteiger partial charge in [-0.1, -0.05) is 53.7 Å². The number of hydrogen-bond donors (Lipinski definition) is 6. The number of thioether (sulfide) groups is 1. The van der Waals surface area contributed by atoms with Gasteiger partial charge in [-0.05, 0) is 127 Å². The van der Waals surface area contributed by atoms with Gasteiger partial charge in [0.15, 0.2) is 16.7 Å². The zero-order valence-corrected chi connectivity index (χ0v) is 61.9. The normalized spacial score (nSPS) is 15.0. The minimum absolute atomic E-state index is 0.136. The van der Waals surface area contributed by atoms with Gasteiger partial charge in [-0.15, -0.1) is 20.5 Å². The molecule has 2 saturated heterocycles. The Labute approximate surface area is 608 Å². The number of azo groups is 2. The van der Waals surface area contributed by atoms with Crippen molar-refractivity contribution >= 4 is 169 Å². The number of rotatable bonds is 30. The third-order valence-corrected chi connectivity index (χ3v) is 21.4. The number of nitrogens with one attached hydrogen (secondary N) is 4. The molecule has 103 heavy (non-hydrogen) atoms. The summed E-state index contributed by atoms with van der Waals surface area (Å²) in [5.74, 6) is -0.578. The van der Waals surface area contributed by atoms with E-state index >= 15 is 0 Å². The van der Waals surface area contributed by atoms with E-state index in [9.17, 15) is 45.1 Å². The van der Waals surface area contributed by atoms with Crippen LogP contribution in [0, 0.1) is 0 Å². The van der Waals surface area contributed by atoms with Crippen molar-refractivity contribution in [3.63, 3.8) is 0 Å². The van der Waals surface area contributed by atoms with E-state index in [4.69, 9.17) is 64.3 Å². The number of ketones is 2. The Morgan fingerprint density at radius 3 is 1.32 bits per heavy atom. The summed E-state index contributed by atoms with van der Waals surface area (Å²) in [4.78, 5) is 87.4. The van der Waals surface area contributed by atoms with Gasteiger partial charge in [0.1, 0.15) is 34.5 Å². The van der Waals surface area contributed by atoms with Crippen LogP contribution in [-0.2, 0) is 48.9 Å². The molecule has 0 bridgehead atoms. The van der Waals surface area contributed by atoms with Gasteiger partial charge in [0.25, 0.3) is 32.1 Å². The van der Waals surface area contributed by atoms with Crippen LogP contribution >= 0.6 is 34.4 Å². The number of anilines is 10. The molecule has 3 aliphatic rings. The van der Waals surface area contributed by atoms with Crippen molar-refractivity contribution in [1.29, 1.82) is 0 Å². The molecule has 0 atom stereocenters. The van der Waals surface area contributed by atoms with E-state index < -0.39 is 43.6 Å². The molecule has 0 radical (unpaired) electrons. The largest absolute Gasteiger partial charge is 0.494 e. The van der Waals surface area contributed by atoms with E-state index in [1.165, 1.54) is 50.3 Å². The monoisotopic (exact) mass is 1510 g/mol. The van der Waals surface area contributed by atoms with Gasteiger partial charge >= 0.3 is 0 Å². The molecule has 3 fully saturated rings. The van der Waals surface area contributed by atoms with Crippen LogP contribution in [0.5, 0.6) is 11.5 Å². The quantitative estimate of drug-likeness (QED) is 0.00800. The van der Waals surface area contributed by atoms with Gasteiger partial charge in [0.05, 0.1) is 94.1 Å². The number of methoxy groups -OCH3 is 2. The van der Waals surface area contributed by atoms with Crippen LogP contribution in [0.15, 0.2) is 119 Å². The second kappa shape index (κ2) is 34.7. The Morgan fingerprint density at radius 2 is 0.971 bits per heavy atom. The van der Waals surface area contributed by atoms with Crippen molar-refractivity contribution in [2.75, 3.05) is 134 Å². The molecule has 0 unspecified atom stereocenters. The predicted molar refractivity (Wildman–Crippen MR) is 398 cm³/mol. The lowest BCUT2D eigenvalue weighted by atomic mass is 10.0. The predicted octanol–water partition coefficient (Wildman–Crippen LogP) is 12.6. The van der Waals surface area contributed by atoms with Gasteiger partial charge in [-0.3, -0.25) is 28.3 Å². The summed E-state index contributed by atoms with van der Waals surface area (Å²) in [5.41, 5.74) is 2.77. The average Bonchev–Trinajstić information content (AvgIpc) is 1.52. The van der Waals surface area contributed by atoms with Crippen LogP contribution in [0.2, 0.25) is 0 Å². The summed E-state index contributed by atoms with van der Waals surface area (Å²) < 4.78 is 89.2. The zero-order valence-electron chi connectivity index (χ0n) is 57.8. The third kappa shape index (κ3) is 19.7.